The molecule has 1 aliphatic carbocycles. The molecular formula is C11H21NO2. The maximum atomic E-state index is 11.1. The summed E-state index contributed by atoms with van der Waals surface area (Å²) in [6.07, 6.45) is 3.23. The molecule has 0 heterocycles. The van der Waals surface area contributed by atoms with Crippen LogP contribution in [0.4, 0.5) is 0 Å². The highest BCUT2D eigenvalue weighted by Crippen LogP contribution is 2.29. The molecule has 0 aliphatic heterocycles. The van der Waals surface area contributed by atoms with Crippen LogP contribution in [0.2, 0.25) is 0 Å². The van der Waals surface area contributed by atoms with Crippen LogP contribution in [0.25, 0.3) is 0 Å². The van der Waals surface area contributed by atoms with Gasteiger partial charge in [0.2, 0.25) is 0 Å². The number of hydrogen-bond donors (Lipinski definition) is 1. The molecule has 0 bridgehead atoms. The van der Waals surface area contributed by atoms with Crippen molar-refractivity contribution in [2.75, 3.05) is 19.7 Å². The Balaban J connectivity index is 1.81. The van der Waals surface area contributed by atoms with Crippen molar-refractivity contribution in [2.24, 2.45) is 11.8 Å². The van der Waals surface area contributed by atoms with Crippen molar-refractivity contribution in [3.8, 4) is 0 Å². The lowest BCUT2D eigenvalue weighted by Crippen LogP contribution is -2.23. The molecule has 0 aromatic heterocycles. The molecule has 0 spiro atoms. The summed E-state index contributed by atoms with van der Waals surface area (Å²) in [6.45, 7) is 6.72. The van der Waals surface area contributed by atoms with Gasteiger partial charge in [-0.25, -0.2) is 0 Å². The molecule has 0 radical (unpaired) electrons. The monoisotopic (exact) mass is 199 g/mol. The second kappa shape index (κ2) is 6.02. The van der Waals surface area contributed by atoms with E-state index in [2.05, 4.69) is 19.2 Å². The zero-order valence-corrected chi connectivity index (χ0v) is 9.21. The Morgan fingerprint density at radius 2 is 2.14 bits per heavy atom. The predicted octanol–water partition coefficient (Wildman–Crippen LogP) is 1.58. The minimum absolute atomic E-state index is 0.00402. The van der Waals surface area contributed by atoms with Crippen LogP contribution < -0.4 is 5.32 Å². The number of hydrogen-bond acceptors (Lipinski definition) is 3. The Kier molecular flexibility index (Phi) is 4.94. The summed E-state index contributed by atoms with van der Waals surface area (Å²) in [7, 11) is 0. The van der Waals surface area contributed by atoms with Crippen molar-refractivity contribution >= 4 is 5.97 Å². The molecule has 0 saturated heterocycles. The number of rotatable bonds is 7. The molecule has 1 rings (SSSR count). The Morgan fingerprint density at radius 3 is 2.71 bits per heavy atom. The molecule has 0 unspecified atom stereocenters. The highest BCUT2D eigenvalue weighted by atomic mass is 16.5. The minimum atomic E-state index is -0.00402. The van der Waals surface area contributed by atoms with Crippen molar-refractivity contribution in [3.05, 3.63) is 0 Å². The summed E-state index contributed by atoms with van der Waals surface area (Å²) in [6, 6.07) is 0. The third-order valence-electron chi connectivity index (χ3n) is 2.33. The first-order valence-corrected chi connectivity index (χ1v) is 5.57. The van der Waals surface area contributed by atoms with Gasteiger partial charge in [0.25, 0.3) is 0 Å². The highest BCUT2D eigenvalue weighted by Gasteiger charge is 2.30. The predicted molar refractivity (Wildman–Crippen MR) is 56.0 cm³/mol. The molecule has 1 N–H and O–H groups in total. The third-order valence-corrected chi connectivity index (χ3v) is 2.33. The van der Waals surface area contributed by atoms with E-state index in [0.717, 1.165) is 31.8 Å². The minimum Gasteiger partial charge on any atom is -0.464 e. The number of carbonyl (C=O) groups excluding carboxylic acids is 1. The summed E-state index contributed by atoms with van der Waals surface area (Å²) in [5, 5.41) is 3.25. The lowest BCUT2D eigenvalue weighted by molar-refractivity contribution is -0.145. The molecule has 0 atom stereocenters. The summed E-state index contributed by atoms with van der Waals surface area (Å²) < 4.78 is 5.07. The van der Waals surface area contributed by atoms with Crippen molar-refractivity contribution in [3.63, 3.8) is 0 Å². The van der Waals surface area contributed by atoms with Gasteiger partial charge in [0.1, 0.15) is 6.61 Å². The van der Waals surface area contributed by atoms with Crippen LogP contribution in [0.3, 0.4) is 0 Å². The van der Waals surface area contributed by atoms with Gasteiger partial charge in [0.05, 0.1) is 5.92 Å². The molecule has 0 aromatic rings. The first-order valence-electron chi connectivity index (χ1n) is 5.57. The second-order valence-electron chi connectivity index (χ2n) is 4.37. The van der Waals surface area contributed by atoms with E-state index in [9.17, 15) is 4.79 Å². The lowest BCUT2D eigenvalue weighted by atomic mass is 10.1. The van der Waals surface area contributed by atoms with Crippen molar-refractivity contribution in [1.82, 2.24) is 5.32 Å². The van der Waals surface area contributed by atoms with Gasteiger partial charge in [-0.3, -0.25) is 4.79 Å². The topological polar surface area (TPSA) is 38.3 Å². The molecule has 3 heteroatoms. The standard InChI is InChI=1S/C11H21NO2/c1-9(2)5-6-12-7-8-14-11(13)10-3-4-10/h9-10,12H,3-8H2,1-2H3. The van der Waals surface area contributed by atoms with Gasteiger partial charge in [-0.2, -0.15) is 0 Å². The number of esters is 1. The molecule has 0 aromatic carbocycles. The molecule has 1 aliphatic rings. The number of nitrogens with one attached hydrogen (secondary N) is 1. The molecule has 82 valence electrons. The third kappa shape index (κ3) is 5.22. The van der Waals surface area contributed by atoms with Crippen LogP contribution in [0, 0.1) is 11.8 Å². The average molecular weight is 199 g/mol. The zero-order chi connectivity index (χ0) is 10.4. The van der Waals surface area contributed by atoms with Crippen LogP contribution >= 0.6 is 0 Å². The lowest BCUT2D eigenvalue weighted by Gasteiger charge is -2.07. The van der Waals surface area contributed by atoms with E-state index in [1.165, 1.54) is 6.42 Å². The van der Waals surface area contributed by atoms with Crippen molar-refractivity contribution < 1.29 is 9.53 Å². The van der Waals surface area contributed by atoms with Gasteiger partial charge in [-0.05, 0) is 31.7 Å². The summed E-state index contributed by atoms with van der Waals surface area (Å²) >= 11 is 0. The average Bonchev–Trinajstić information content (AvgIpc) is 2.92. The Morgan fingerprint density at radius 1 is 1.43 bits per heavy atom. The normalized spacial score (nSPS) is 15.9. The first-order chi connectivity index (χ1) is 6.70. The van der Waals surface area contributed by atoms with Crippen molar-refractivity contribution in [1.29, 1.82) is 0 Å². The van der Waals surface area contributed by atoms with E-state index in [1.807, 2.05) is 0 Å². The van der Waals surface area contributed by atoms with Crippen molar-refractivity contribution in [2.45, 2.75) is 33.1 Å². The smallest absolute Gasteiger partial charge is 0.308 e. The Bertz CT molecular complexity index is 176. The summed E-state index contributed by atoms with van der Waals surface area (Å²) in [4.78, 5) is 11.1. The second-order valence-corrected chi connectivity index (χ2v) is 4.37. The van der Waals surface area contributed by atoms with Crippen LogP contribution in [0.15, 0.2) is 0 Å². The van der Waals surface area contributed by atoms with E-state index in [-0.39, 0.29) is 11.9 Å². The molecular weight excluding hydrogens is 178 g/mol. The zero-order valence-electron chi connectivity index (χ0n) is 9.21. The summed E-state index contributed by atoms with van der Waals surface area (Å²) in [5.41, 5.74) is 0. The quantitative estimate of drug-likeness (QED) is 0.499. The Hall–Kier alpha value is -0.570. The van der Waals surface area contributed by atoms with E-state index >= 15 is 0 Å². The van der Waals surface area contributed by atoms with Gasteiger partial charge in [-0.1, -0.05) is 13.8 Å². The van der Waals surface area contributed by atoms with Crippen LogP contribution in [-0.2, 0) is 9.53 Å². The highest BCUT2D eigenvalue weighted by molar-refractivity contribution is 5.74. The fourth-order valence-corrected chi connectivity index (χ4v) is 1.18. The van der Waals surface area contributed by atoms with Crippen LogP contribution in [0.1, 0.15) is 33.1 Å². The number of carbonyl (C=O) groups is 1. The molecule has 1 fully saturated rings. The van der Waals surface area contributed by atoms with Gasteiger partial charge in [-0.15, -0.1) is 0 Å². The summed E-state index contributed by atoms with van der Waals surface area (Å²) in [5.74, 6) is 0.956. The van der Waals surface area contributed by atoms with E-state index in [1.54, 1.807) is 0 Å². The van der Waals surface area contributed by atoms with Crippen LogP contribution in [0.5, 0.6) is 0 Å². The molecule has 1 saturated carbocycles. The maximum Gasteiger partial charge on any atom is 0.308 e. The van der Waals surface area contributed by atoms with E-state index in [0.29, 0.717) is 6.61 Å². The van der Waals surface area contributed by atoms with Gasteiger partial charge >= 0.3 is 5.97 Å². The fourth-order valence-electron chi connectivity index (χ4n) is 1.18. The Labute approximate surface area is 86.2 Å². The van der Waals surface area contributed by atoms with Gasteiger partial charge in [0, 0.05) is 6.54 Å². The van der Waals surface area contributed by atoms with Gasteiger partial charge < -0.3 is 10.1 Å². The number of ether oxygens (including phenoxy) is 1. The van der Waals surface area contributed by atoms with E-state index in [4.69, 9.17) is 4.74 Å². The molecule has 3 nitrogen and oxygen atoms in total. The SMILES string of the molecule is CC(C)CCNCCOC(=O)C1CC1. The van der Waals surface area contributed by atoms with E-state index < -0.39 is 0 Å². The van der Waals surface area contributed by atoms with Gasteiger partial charge in [0.15, 0.2) is 0 Å². The maximum absolute atomic E-state index is 11.1. The first kappa shape index (κ1) is 11.5. The largest absolute Gasteiger partial charge is 0.464 e. The fraction of sp³-hybridized carbons (Fsp3) is 0.909. The van der Waals surface area contributed by atoms with Crippen LogP contribution in [-0.4, -0.2) is 25.7 Å². The molecule has 0 amide bonds. The molecule has 14 heavy (non-hydrogen) atoms.